The number of hydrogen-bond acceptors (Lipinski definition) is 4. The average Bonchev–Trinajstić information content (AvgIpc) is 3.02. The van der Waals surface area contributed by atoms with Crippen molar-refractivity contribution in [2.45, 2.75) is 44.3 Å². The molecule has 2 unspecified atom stereocenters. The summed E-state index contributed by atoms with van der Waals surface area (Å²) < 4.78 is 11.7. The van der Waals surface area contributed by atoms with E-state index in [1.807, 2.05) is 6.07 Å². The lowest BCUT2D eigenvalue weighted by Gasteiger charge is -2.22. The zero-order valence-corrected chi connectivity index (χ0v) is 12.5. The fraction of sp³-hybridized carbons (Fsp3) is 0.647. The largest absolute Gasteiger partial charge is 0.490 e. The molecule has 3 aliphatic heterocycles. The van der Waals surface area contributed by atoms with Crippen LogP contribution in [0.2, 0.25) is 0 Å². The Balaban J connectivity index is 1.45. The summed E-state index contributed by atoms with van der Waals surface area (Å²) >= 11 is 0. The molecule has 1 aromatic rings. The van der Waals surface area contributed by atoms with Gasteiger partial charge in [0.05, 0.1) is 13.2 Å². The normalized spacial score (nSPS) is 28.4. The molecule has 0 aliphatic carbocycles. The summed E-state index contributed by atoms with van der Waals surface area (Å²) in [6, 6.07) is 7.63. The summed E-state index contributed by atoms with van der Waals surface area (Å²) in [6.07, 6.45) is 4.95. The molecule has 2 fully saturated rings. The lowest BCUT2D eigenvalue weighted by molar-refractivity contribution is 0.292. The topological polar surface area (TPSA) is 33.7 Å². The highest BCUT2D eigenvalue weighted by atomic mass is 16.5. The molecule has 4 nitrogen and oxygen atoms in total. The fourth-order valence-electron chi connectivity index (χ4n) is 3.95. The van der Waals surface area contributed by atoms with Gasteiger partial charge in [-0.3, -0.25) is 4.90 Å². The van der Waals surface area contributed by atoms with Crippen LogP contribution in [-0.2, 0) is 6.54 Å². The van der Waals surface area contributed by atoms with E-state index in [2.05, 4.69) is 22.3 Å². The summed E-state index contributed by atoms with van der Waals surface area (Å²) in [5, 5.41) is 3.76. The van der Waals surface area contributed by atoms with Crippen LogP contribution in [0.3, 0.4) is 0 Å². The smallest absolute Gasteiger partial charge is 0.165 e. The molecule has 2 saturated heterocycles. The first kappa shape index (κ1) is 13.4. The van der Waals surface area contributed by atoms with Crippen LogP contribution in [0, 0.1) is 0 Å². The highest BCUT2D eigenvalue weighted by molar-refractivity contribution is 5.47. The standard InChI is InChI=1S/C17H24N2O2/c1-4-13(17-16(6-1)20-10-3-11-21-17)12-18-14-7-9-19-8-2-5-15(14)19/h1,4,6,14-15,18H,2-3,5,7-12H2. The molecule has 0 amide bonds. The van der Waals surface area contributed by atoms with E-state index in [-0.39, 0.29) is 0 Å². The van der Waals surface area contributed by atoms with E-state index in [1.54, 1.807) is 0 Å². The molecule has 114 valence electrons. The number of para-hydroxylation sites is 1. The van der Waals surface area contributed by atoms with Gasteiger partial charge in [0.15, 0.2) is 11.5 Å². The minimum Gasteiger partial charge on any atom is -0.490 e. The number of nitrogens with one attached hydrogen (secondary N) is 1. The number of nitrogens with zero attached hydrogens (tertiary/aromatic N) is 1. The van der Waals surface area contributed by atoms with Crippen molar-refractivity contribution < 1.29 is 9.47 Å². The summed E-state index contributed by atoms with van der Waals surface area (Å²) in [5.74, 6) is 1.85. The van der Waals surface area contributed by atoms with Gasteiger partial charge in [0.25, 0.3) is 0 Å². The van der Waals surface area contributed by atoms with Crippen molar-refractivity contribution in [1.82, 2.24) is 10.2 Å². The maximum absolute atomic E-state index is 5.91. The number of rotatable bonds is 3. The Hall–Kier alpha value is -1.26. The summed E-state index contributed by atoms with van der Waals surface area (Å²) in [4.78, 5) is 2.64. The second kappa shape index (κ2) is 5.85. The Morgan fingerprint density at radius 3 is 3.05 bits per heavy atom. The van der Waals surface area contributed by atoms with E-state index < -0.39 is 0 Å². The maximum Gasteiger partial charge on any atom is 0.165 e. The van der Waals surface area contributed by atoms with Crippen LogP contribution in [0.15, 0.2) is 18.2 Å². The fourth-order valence-corrected chi connectivity index (χ4v) is 3.95. The van der Waals surface area contributed by atoms with Gasteiger partial charge in [-0.15, -0.1) is 0 Å². The van der Waals surface area contributed by atoms with Gasteiger partial charge in [-0.1, -0.05) is 12.1 Å². The number of fused-ring (bicyclic) bond motifs is 2. The zero-order chi connectivity index (χ0) is 14.1. The minimum absolute atomic E-state index is 0.634. The lowest BCUT2D eigenvalue weighted by atomic mass is 10.1. The molecule has 4 rings (SSSR count). The summed E-state index contributed by atoms with van der Waals surface area (Å²) in [5.41, 5.74) is 1.23. The van der Waals surface area contributed by atoms with E-state index in [9.17, 15) is 0 Å². The van der Waals surface area contributed by atoms with Crippen LogP contribution in [0.4, 0.5) is 0 Å². The first-order valence-corrected chi connectivity index (χ1v) is 8.27. The van der Waals surface area contributed by atoms with E-state index in [0.717, 1.165) is 43.7 Å². The van der Waals surface area contributed by atoms with E-state index in [0.29, 0.717) is 6.04 Å². The first-order chi connectivity index (χ1) is 10.4. The van der Waals surface area contributed by atoms with Crippen LogP contribution in [0.1, 0.15) is 31.2 Å². The van der Waals surface area contributed by atoms with Gasteiger partial charge in [0.2, 0.25) is 0 Å². The number of ether oxygens (including phenoxy) is 2. The molecule has 0 saturated carbocycles. The van der Waals surface area contributed by atoms with Gasteiger partial charge in [-0.2, -0.15) is 0 Å². The van der Waals surface area contributed by atoms with Crippen molar-refractivity contribution in [2.24, 2.45) is 0 Å². The van der Waals surface area contributed by atoms with Crippen molar-refractivity contribution in [1.29, 1.82) is 0 Å². The van der Waals surface area contributed by atoms with Gasteiger partial charge in [0.1, 0.15) is 0 Å². The molecule has 3 heterocycles. The molecule has 1 N–H and O–H groups in total. The molecule has 0 radical (unpaired) electrons. The molecule has 0 bridgehead atoms. The Bertz CT molecular complexity index is 506. The zero-order valence-electron chi connectivity index (χ0n) is 12.5. The number of benzene rings is 1. The first-order valence-electron chi connectivity index (χ1n) is 8.27. The summed E-state index contributed by atoms with van der Waals surface area (Å²) in [7, 11) is 0. The van der Waals surface area contributed by atoms with Crippen molar-refractivity contribution in [3.05, 3.63) is 23.8 Å². The van der Waals surface area contributed by atoms with Crippen molar-refractivity contribution in [3.8, 4) is 11.5 Å². The summed E-state index contributed by atoms with van der Waals surface area (Å²) in [6.45, 7) is 4.93. The van der Waals surface area contributed by atoms with Gasteiger partial charge < -0.3 is 14.8 Å². The number of hydrogen-bond donors (Lipinski definition) is 1. The van der Waals surface area contributed by atoms with Gasteiger partial charge >= 0.3 is 0 Å². The van der Waals surface area contributed by atoms with E-state index >= 15 is 0 Å². The third kappa shape index (κ3) is 2.62. The Labute approximate surface area is 126 Å². The van der Waals surface area contributed by atoms with E-state index in [1.165, 1.54) is 37.9 Å². The SMILES string of the molecule is c1cc(CNC2CCN3CCCC23)c2c(c1)OCCCO2. The Kier molecular flexibility index (Phi) is 3.74. The molecule has 0 aromatic heterocycles. The third-order valence-corrected chi connectivity index (χ3v) is 5.01. The van der Waals surface area contributed by atoms with Crippen LogP contribution >= 0.6 is 0 Å². The van der Waals surface area contributed by atoms with Crippen molar-refractivity contribution >= 4 is 0 Å². The van der Waals surface area contributed by atoms with Gasteiger partial charge in [-0.05, 0) is 31.9 Å². The highest BCUT2D eigenvalue weighted by Crippen LogP contribution is 2.34. The maximum atomic E-state index is 5.91. The Morgan fingerprint density at radius 2 is 2.05 bits per heavy atom. The van der Waals surface area contributed by atoms with Crippen LogP contribution in [0.25, 0.3) is 0 Å². The molecule has 21 heavy (non-hydrogen) atoms. The van der Waals surface area contributed by atoms with Crippen molar-refractivity contribution in [2.75, 3.05) is 26.3 Å². The van der Waals surface area contributed by atoms with E-state index in [4.69, 9.17) is 9.47 Å². The minimum atomic E-state index is 0.634. The van der Waals surface area contributed by atoms with Crippen LogP contribution < -0.4 is 14.8 Å². The predicted octanol–water partition coefficient (Wildman–Crippen LogP) is 2.17. The average molecular weight is 288 g/mol. The lowest BCUT2D eigenvalue weighted by Crippen LogP contribution is -2.38. The molecule has 0 spiro atoms. The molecule has 1 aromatic carbocycles. The Morgan fingerprint density at radius 1 is 1.10 bits per heavy atom. The molecule has 3 aliphatic rings. The monoisotopic (exact) mass is 288 g/mol. The molecular formula is C17H24N2O2. The second-order valence-electron chi connectivity index (χ2n) is 6.32. The van der Waals surface area contributed by atoms with Crippen LogP contribution in [-0.4, -0.2) is 43.3 Å². The van der Waals surface area contributed by atoms with Crippen LogP contribution in [0.5, 0.6) is 11.5 Å². The quantitative estimate of drug-likeness (QED) is 0.924. The third-order valence-electron chi connectivity index (χ3n) is 5.01. The highest BCUT2D eigenvalue weighted by Gasteiger charge is 2.36. The predicted molar refractivity (Wildman–Crippen MR) is 81.9 cm³/mol. The molecule has 4 heteroatoms. The van der Waals surface area contributed by atoms with Gasteiger partial charge in [-0.25, -0.2) is 0 Å². The molecule has 2 atom stereocenters. The second-order valence-corrected chi connectivity index (χ2v) is 6.32. The van der Waals surface area contributed by atoms with Gasteiger partial charge in [0, 0.05) is 37.2 Å². The van der Waals surface area contributed by atoms with Crippen molar-refractivity contribution in [3.63, 3.8) is 0 Å². The molecular weight excluding hydrogens is 264 g/mol.